The number of benzene rings is 2. The number of nitriles is 1. The lowest BCUT2D eigenvalue weighted by molar-refractivity contribution is 0.272. The molecule has 0 aliphatic heterocycles. The molecule has 1 N–H and O–H groups in total. The summed E-state index contributed by atoms with van der Waals surface area (Å²) in [6, 6.07) is 13.9. The Balaban J connectivity index is 1.92. The van der Waals surface area contributed by atoms with Crippen LogP contribution in [0.4, 0.5) is 0 Å². The fraction of sp³-hybridized carbons (Fsp3) is 0.304. The van der Waals surface area contributed by atoms with Gasteiger partial charge in [-0.2, -0.15) is 5.26 Å². The van der Waals surface area contributed by atoms with Gasteiger partial charge in [0, 0.05) is 0 Å². The number of unbranched alkanes of at least 4 members (excludes halogenated alkanes) is 1. The molecule has 0 unspecified atom stereocenters. The number of H-pyrrole nitrogens is 1. The Morgan fingerprint density at radius 1 is 1.14 bits per heavy atom. The molecule has 5 nitrogen and oxygen atoms in total. The smallest absolute Gasteiger partial charge is 0.161 e. The van der Waals surface area contributed by atoms with E-state index in [4.69, 9.17) is 9.47 Å². The van der Waals surface area contributed by atoms with E-state index in [0.29, 0.717) is 30.4 Å². The molecule has 2 aromatic carbocycles. The van der Waals surface area contributed by atoms with Crippen molar-refractivity contribution >= 4 is 22.7 Å². The summed E-state index contributed by atoms with van der Waals surface area (Å²) in [5, 5.41) is 9.66. The number of fused-ring (bicyclic) bond motifs is 1. The number of rotatable bonds is 8. The van der Waals surface area contributed by atoms with E-state index in [1.807, 2.05) is 56.3 Å². The van der Waals surface area contributed by atoms with Crippen LogP contribution in [-0.2, 0) is 0 Å². The van der Waals surface area contributed by atoms with Gasteiger partial charge in [0.2, 0.25) is 0 Å². The minimum absolute atomic E-state index is 0.468. The topological polar surface area (TPSA) is 70.9 Å². The number of allylic oxidation sites excluding steroid dienone is 1. The molecule has 0 spiro atoms. The fourth-order valence-corrected chi connectivity index (χ4v) is 2.90. The lowest BCUT2D eigenvalue weighted by atomic mass is 10.1. The van der Waals surface area contributed by atoms with E-state index in [0.717, 1.165) is 40.8 Å². The predicted molar refractivity (Wildman–Crippen MR) is 112 cm³/mol. The lowest BCUT2D eigenvalue weighted by Gasteiger charge is -2.12. The number of nitrogens with one attached hydrogen (secondary N) is 1. The second-order valence-corrected chi connectivity index (χ2v) is 6.62. The highest BCUT2D eigenvalue weighted by Gasteiger charge is 2.10. The zero-order chi connectivity index (χ0) is 19.9. The molecule has 0 saturated heterocycles. The van der Waals surface area contributed by atoms with Crippen molar-refractivity contribution in [3.63, 3.8) is 0 Å². The van der Waals surface area contributed by atoms with Crippen molar-refractivity contribution in [2.45, 2.75) is 33.6 Å². The van der Waals surface area contributed by atoms with Crippen LogP contribution < -0.4 is 9.47 Å². The first-order valence-corrected chi connectivity index (χ1v) is 9.62. The van der Waals surface area contributed by atoms with Crippen LogP contribution in [0.25, 0.3) is 22.7 Å². The maximum Gasteiger partial charge on any atom is 0.161 e. The molecule has 1 aromatic heterocycles. The summed E-state index contributed by atoms with van der Waals surface area (Å²) in [5.41, 5.74) is 4.24. The van der Waals surface area contributed by atoms with E-state index in [1.165, 1.54) is 0 Å². The fourth-order valence-electron chi connectivity index (χ4n) is 2.90. The lowest BCUT2D eigenvalue weighted by Crippen LogP contribution is -2.00. The Morgan fingerprint density at radius 2 is 2.00 bits per heavy atom. The van der Waals surface area contributed by atoms with Crippen molar-refractivity contribution in [1.29, 1.82) is 5.26 Å². The number of aromatic amines is 1. The van der Waals surface area contributed by atoms with E-state index in [9.17, 15) is 5.26 Å². The van der Waals surface area contributed by atoms with Gasteiger partial charge in [-0.15, -0.1) is 0 Å². The average Bonchev–Trinajstić information content (AvgIpc) is 3.11. The van der Waals surface area contributed by atoms with Crippen LogP contribution in [0.1, 0.15) is 43.6 Å². The van der Waals surface area contributed by atoms with Gasteiger partial charge in [0.15, 0.2) is 11.5 Å². The monoisotopic (exact) mass is 375 g/mol. The van der Waals surface area contributed by atoms with Crippen LogP contribution in [0.5, 0.6) is 11.5 Å². The average molecular weight is 375 g/mol. The van der Waals surface area contributed by atoms with Gasteiger partial charge in [0.25, 0.3) is 0 Å². The molecule has 0 saturated carbocycles. The highest BCUT2D eigenvalue weighted by atomic mass is 16.5. The number of imidazole rings is 1. The summed E-state index contributed by atoms with van der Waals surface area (Å²) in [5.74, 6) is 1.97. The number of aromatic nitrogens is 2. The zero-order valence-electron chi connectivity index (χ0n) is 16.6. The van der Waals surface area contributed by atoms with Crippen LogP contribution in [0.2, 0.25) is 0 Å². The second kappa shape index (κ2) is 9.09. The third-order valence-corrected chi connectivity index (χ3v) is 4.35. The molecular formula is C23H25N3O2. The number of hydrogen-bond acceptors (Lipinski definition) is 4. The summed E-state index contributed by atoms with van der Waals surface area (Å²) in [4.78, 5) is 7.78. The molecule has 28 heavy (non-hydrogen) atoms. The maximum atomic E-state index is 9.66. The number of aryl methyl sites for hydroxylation is 1. The van der Waals surface area contributed by atoms with Crippen LogP contribution >= 0.6 is 0 Å². The molecular weight excluding hydrogens is 350 g/mol. The zero-order valence-corrected chi connectivity index (χ0v) is 16.6. The molecule has 0 radical (unpaired) electrons. The normalized spacial score (nSPS) is 11.4. The Morgan fingerprint density at radius 3 is 2.75 bits per heavy atom. The van der Waals surface area contributed by atoms with E-state index in [2.05, 4.69) is 23.0 Å². The third kappa shape index (κ3) is 4.52. The van der Waals surface area contributed by atoms with Crippen molar-refractivity contribution in [3.05, 3.63) is 53.3 Å². The summed E-state index contributed by atoms with van der Waals surface area (Å²) in [7, 11) is 0. The predicted octanol–water partition coefficient (Wildman–Crippen LogP) is 5.51. The van der Waals surface area contributed by atoms with Gasteiger partial charge in [-0.05, 0) is 61.7 Å². The Labute approximate surface area is 165 Å². The van der Waals surface area contributed by atoms with Crippen LogP contribution in [0.3, 0.4) is 0 Å². The SMILES string of the molecule is CCCCOc1ccc(/C=C(/C#N)c2nc3ccc(C)cc3[nH]2)cc1OCC. The van der Waals surface area contributed by atoms with Crippen molar-refractivity contribution in [2.75, 3.05) is 13.2 Å². The molecule has 0 aliphatic carbocycles. The number of nitrogens with zero attached hydrogens (tertiary/aromatic N) is 2. The minimum Gasteiger partial charge on any atom is -0.490 e. The van der Waals surface area contributed by atoms with Gasteiger partial charge >= 0.3 is 0 Å². The van der Waals surface area contributed by atoms with Gasteiger partial charge in [-0.1, -0.05) is 25.5 Å². The molecule has 3 aromatic rings. The van der Waals surface area contributed by atoms with E-state index in [1.54, 1.807) is 0 Å². The Bertz CT molecular complexity index is 1030. The van der Waals surface area contributed by atoms with Gasteiger partial charge < -0.3 is 14.5 Å². The molecule has 0 atom stereocenters. The van der Waals surface area contributed by atoms with E-state index >= 15 is 0 Å². The van der Waals surface area contributed by atoms with Crippen molar-refractivity contribution in [1.82, 2.24) is 9.97 Å². The van der Waals surface area contributed by atoms with Crippen molar-refractivity contribution < 1.29 is 9.47 Å². The molecule has 0 fully saturated rings. The summed E-state index contributed by atoms with van der Waals surface area (Å²) >= 11 is 0. The standard InChI is InChI=1S/C23H25N3O2/c1-4-6-11-28-21-10-8-17(14-22(21)27-5-2)13-18(15-24)23-25-19-9-7-16(3)12-20(19)26-23/h7-10,12-14H,4-6,11H2,1-3H3,(H,25,26)/b18-13-. The second-order valence-electron chi connectivity index (χ2n) is 6.62. The largest absolute Gasteiger partial charge is 0.490 e. The molecule has 0 amide bonds. The molecule has 3 rings (SSSR count). The van der Waals surface area contributed by atoms with E-state index in [-0.39, 0.29) is 0 Å². The van der Waals surface area contributed by atoms with Gasteiger partial charge in [-0.25, -0.2) is 4.98 Å². The van der Waals surface area contributed by atoms with Gasteiger partial charge in [-0.3, -0.25) is 0 Å². The number of ether oxygens (including phenoxy) is 2. The van der Waals surface area contributed by atoms with E-state index < -0.39 is 0 Å². The third-order valence-electron chi connectivity index (χ3n) is 4.35. The molecule has 1 heterocycles. The summed E-state index contributed by atoms with van der Waals surface area (Å²) < 4.78 is 11.6. The maximum absolute atomic E-state index is 9.66. The first-order valence-electron chi connectivity index (χ1n) is 9.62. The Kier molecular flexibility index (Phi) is 6.33. The minimum atomic E-state index is 0.468. The molecule has 0 aliphatic rings. The number of hydrogen-bond donors (Lipinski definition) is 1. The first-order chi connectivity index (χ1) is 13.6. The highest BCUT2D eigenvalue weighted by molar-refractivity contribution is 5.90. The van der Waals surface area contributed by atoms with Crippen molar-refractivity contribution in [2.24, 2.45) is 0 Å². The van der Waals surface area contributed by atoms with Crippen LogP contribution in [0, 0.1) is 18.3 Å². The Hall–Kier alpha value is -3.26. The molecule has 5 heteroatoms. The summed E-state index contributed by atoms with van der Waals surface area (Å²) in [6.07, 6.45) is 3.88. The quantitative estimate of drug-likeness (QED) is 0.416. The van der Waals surface area contributed by atoms with Crippen LogP contribution in [0.15, 0.2) is 36.4 Å². The first kappa shape index (κ1) is 19.5. The highest BCUT2D eigenvalue weighted by Crippen LogP contribution is 2.30. The summed E-state index contributed by atoms with van der Waals surface area (Å²) in [6.45, 7) is 7.30. The van der Waals surface area contributed by atoms with Crippen molar-refractivity contribution in [3.8, 4) is 17.6 Å². The van der Waals surface area contributed by atoms with Crippen LogP contribution in [-0.4, -0.2) is 23.2 Å². The molecule has 144 valence electrons. The van der Waals surface area contributed by atoms with Gasteiger partial charge in [0.05, 0.1) is 29.8 Å². The van der Waals surface area contributed by atoms with Gasteiger partial charge in [0.1, 0.15) is 11.9 Å². The molecule has 0 bridgehead atoms.